The summed E-state index contributed by atoms with van der Waals surface area (Å²) < 4.78 is 5.20. The highest BCUT2D eigenvalue weighted by Gasteiger charge is 2.10. The Morgan fingerprint density at radius 2 is 2.00 bits per heavy atom. The Kier molecular flexibility index (Phi) is 13.4. The maximum absolute atomic E-state index is 9.48. The maximum Gasteiger partial charge on any atom is 0.454 e. The summed E-state index contributed by atoms with van der Waals surface area (Å²) in [6.45, 7) is 4.00. The molecule has 0 radical (unpaired) electrons. The predicted molar refractivity (Wildman–Crippen MR) is 72.0 cm³/mol. The highest BCUT2D eigenvalue weighted by Crippen LogP contribution is 2.02. The molecule has 0 spiro atoms. The van der Waals surface area contributed by atoms with Crippen LogP contribution in [0.5, 0.6) is 0 Å². The molecular weight excluding hydrogens is 217 g/mol. The van der Waals surface area contributed by atoms with Gasteiger partial charge in [0.25, 0.3) is 0 Å². The molecule has 0 saturated carbocycles. The normalized spacial score (nSPS) is 11.2. The van der Waals surface area contributed by atoms with Gasteiger partial charge >= 0.3 is 7.12 Å². The van der Waals surface area contributed by atoms with Crippen LogP contribution in [-0.4, -0.2) is 43.6 Å². The first-order valence-corrected chi connectivity index (χ1v) is 6.57. The first-order valence-electron chi connectivity index (χ1n) is 6.57. The molecule has 0 bridgehead atoms. The smallest absolute Gasteiger partial charge is 0.427 e. The molecule has 0 rings (SSSR count). The standard InChI is InChI=1S/C12H26BNO3/c1-2-3-4-5-6-7-8-13(16)17-12-10-14-9-11-15/h4-5,14-16H,2-3,6-12H2,1H3/b5-4+. The topological polar surface area (TPSA) is 61.7 Å². The monoisotopic (exact) mass is 243 g/mol. The number of rotatable bonds is 12. The van der Waals surface area contributed by atoms with Crippen molar-refractivity contribution in [1.29, 1.82) is 0 Å². The molecule has 0 unspecified atom stereocenters. The van der Waals surface area contributed by atoms with E-state index >= 15 is 0 Å². The minimum atomic E-state index is -0.662. The second-order valence-electron chi connectivity index (χ2n) is 3.99. The lowest BCUT2D eigenvalue weighted by atomic mass is 9.83. The van der Waals surface area contributed by atoms with Crippen LogP contribution in [0.4, 0.5) is 0 Å². The molecule has 0 fully saturated rings. The van der Waals surface area contributed by atoms with Crippen LogP contribution in [0.15, 0.2) is 12.2 Å². The number of nitrogens with one attached hydrogen (secondary N) is 1. The Hall–Kier alpha value is -0.355. The van der Waals surface area contributed by atoms with Crippen LogP contribution in [0.2, 0.25) is 6.32 Å². The fourth-order valence-electron chi connectivity index (χ4n) is 1.37. The van der Waals surface area contributed by atoms with Crippen molar-refractivity contribution in [3.63, 3.8) is 0 Å². The van der Waals surface area contributed by atoms with Gasteiger partial charge < -0.3 is 20.1 Å². The molecule has 0 heterocycles. The van der Waals surface area contributed by atoms with E-state index in [0.29, 0.717) is 26.0 Å². The zero-order valence-corrected chi connectivity index (χ0v) is 10.9. The van der Waals surface area contributed by atoms with E-state index < -0.39 is 7.12 Å². The second kappa shape index (κ2) is 13.7. The average molecular weight is 243 g/mol. The van der Waals surface area contributed by atoms with E-state index in [9.17, 15) is 5.02 Å². The number of aliphatic hydroxyl groups excluding tert-OH is 1. The minimum absolute atomic E-state index is 0.132. The van der Waals surface area contributed by atoms with Crippen LogP contribution >= 0.6 is 0 Å². The lowest BCUT2D eigenvalue weighted by Crippen LogP contribution is -2.27. The Balaban J connectivity index is 3.20. The van der Waals surface area contributed by atoms with Crippen LogP contribution in [0.1, 0.15) is 32.6 Å². The van der Waals surface area contributed by atoms with E-state index in [2.05, 4.69) is 24.4 Å². The van der Waals surface area contributed by atoms with Gasteiger partial charge in [-0.1, -0.05) is 31.9 Å². The summed E-state index contributed by atoms with van der Waals surface area (Å²) in [6, 6.07) is 0. The van der Waals surface area contributed by atoms with E-state index in [-0.39, 0.29) is 6.61 Å². The molecule has 0 aliphatic heterocycles. The Bertz CT molecular complexity index is 179. The van der Waals surface area contributed by atoms with Crippen molar-refractivity contribution in [3.05, 3.63) is 12.2 Å². The van der Waals surface area contributed by atoms with Gasteiger partial charge in [0.05, 0.1) is 6.61 Å². The lowest BCUT2D eigenvalue weighted by Gasteiger charge is -2.07. The Morgan fingerprint density at radius 1 is 1.24 bits per heavy atom. The molecule has 0 aliphatic carbocycles. The average Bonchev–Trinajstić information content (AvgIpc) is 2.33. The summed E-state index contributed by atoms with van der Waals surface area (Å²) >= 11 is 0. The van der Waals surface area contributed by atoms with Gasteiger partial charge in [-0.25, -0.2) is 0 Å². The van der Waals surface area contributed by atoms with E-state index in [0.717, 1.165) is 19.3 Å². The number of aliphatic hydroxyl groups is 1. The molecule has 0 aliphatic rings. The summed E-state index contributed by atoms with van der Waals surface area (Å²) in [6.07, 6.45) is 9.30. The summed E-state index contributed by atoms with van der Waals surface area (Å²) in [7, 11) is -0.662. The zero-order valence-electron chi connectivity index (χ0n) is 10.9. The van der Waals surface area contributed by atoms with Gasteiger partial charge in [-0.2, -0.15) is 0 Å². The number of allylic oxidation sites excluding steroid dienone is 2. The van der Waals surface area contributed by atoms with Gasteiger partial charge in [0, 0.05) is 19.7 Å². The largest absolute Gasteiger partial charge is 0.454 e. The third-order valence-electron chi connectivity index (χ3n) is 2.32. The molecule has 0 aromatic carbocycles. The third kappa shape index (κ3) is 13.6. The van der Waals surface area contributed by atoms with Gasteiger partial charge in [-0.15, -0.1) is 0 Å². The Morgan fingerprint density at radius 3 is 2.71 bits per heavy atom. The van der Waals surface area contributed by atoms with Gasteiger partial charge in [-0.05, 0) is 19.2 Å². The summed E-state index contributed by atoms with van der Waals surface area (Å²) in [4.78, 5) is 0. The fourth-order valence-corrected chi connectivity index (χ4v) is 1.37. The molecule has 4 nitrogen and oxygen atoms in total. The summed E-state index contributed by atoms with van der Waals surface area (Å²) in [5.74, 6) is 0. The SMILES string of the molecule is CCC/C=C/CCCB(O)OCCNCCO. The first kappa shape index (κ1) is 16.6. The van der Waals surface area contributed by atoms with Gasteiger partial charge in [0.2, 0.25) is 0 Å². The van der Waals surface area contributed by atoms with Gasteiger partial charge in [0.1, 0.15) is 0 Å². The molecule has 0 amide bonds. The summed E-state index contributed by atoms with van der Waals surface area (Å²) in [5.41, 5.74) is 0. The van der Waals surface area contributed by atoms with Crippen LogP contribution in [0.25, 0.3) is 0 Å². The van der Waals surface area contributed by atoms with Crippen LogP contribution in [0, 0.1) is 0 Å². The molecular formula is C12H26BNO3. The molecule has 3 N–H and O–H groups in total. The third-order valence-corrected chi connectivity index (χ3v) is 2.32. The van der Waals surface area contributed by atoms with Crippen LogP contribution in [0.3, 0.4) is 0 Å². The quantitative estimate of drug-likeness (QED) is 0.274. The first-order chi connectivity index (χ1) is 8.31. The van der Waals surface area contributed by atoms with E-state index in [1.807, 2.05) is 0 Å². The number of hydrogen-bond acceptors (Lipinski definition) is 4. The van der Waals surface area contributed by atoms with Crippen molar-refractivity contribution in [2.45, 2.75) is 38.9 Å². The van der Waals surface area contributed by atoms with Crippen molar-refractivity contribution < 1.29 is 14.8 Å². The highest BCUT2D eigenvalue weighted by atomic mass is 16.5. The van der Waals surface area contributed by atoms with Gasteiger partial charge in [-0.3, -0.25) is 0 Å². The Labute approximate surface area is 105 Å². The van der Waals surface area contributed by atoms with E-state index in [1.54, 1.807) is 0 Å². The van der Waals surface area contributed by atoms with Crippen LogP contribution < -0.4 is 5.32 Å². The molecule has 0 saturated heterocycles. The predicted octanol–water partition coefficient (Wildman–Crippen LogP) is 1.20. The number of unbranched alkanes of at least 4 members (excludes halogenated alkanes) is 2. The van der Waals surface area contributed by atoms with Crippen molar-refractivity contribution in [2.75, 3.05) is 26.3 Å². The number of hydrogen-bond donors (Lipinski definition) is 3. The van der Waals surface area contributed by atoms with Crippen molar-refractivity contribution in [2.24, 2.45) is 0 Å². The van der Waals surface area contributed by atoms with Crippen LogP contribution in [-0.2, 0) is 4.65 Å². The molecule has 0 aromatic rings. The minimum Gasteiger partial charge on any atom is -0.427 e. The van der Waals surface area contributed by atoms with E-state index in [4.69, 9.17) is 9.76 Å². The van der Waals surface area contributed by atoms with Crippen molar-refractivity contribution in [3.8, 4) is 0 Å². The van der Waals surface area contributed by atoms with Crippen molar-refractivity contribution in [1.82, 2.24) is 5.32 Å². The molecule has 100 valence electrons. The molecule has 5 heteroatoms. The highest BCUT2D eigenvalue weighted by molar-refractivity contribution is 6.42. The van der Waals surface area contributed by atoms with Gasteiger partial charge in [0.15, 0.2) is 0 Å². The molecule has 0 atom stereocenters. The lowest BCUT2D eigenvalue weighted by molar-refractivity contribution is 0.247. The van der Waals surface area contributed by atoms with E-state index in [1.165, 1.54) is 6.42 Å². The zero-order chi connectivity index (χ0) is 12.8. The fraction of sp³-hybridized carbons (Fsp3) is 0.833. The molecule has 0 aromatic heterocycles. The second-order valence-corrected chi connectivity index (χ2v) is 3.99. The molecule has 17 heavy (non-hydrogen) atoms. The summed E-state index contributed by atoms with van der Waals surface area (Å²) in [5, 5.41) is 21.0. The van der Waals surface area contributed by atoms with Crippen molar-refractivity contribution >= 4 is 7.12 Å². The maximum atomic E-state index is 9.48.